The van der Waals surface area contributed by atoms with Crippen molar-refractivity contribution in [1.29, 1.82) is 0 Å². The van der Waals surface area contributed by atoms with Crippen LogP contribution in [0.2, 0.25) is 0 Å². The molecule has 0 saturated heterocycles. The molecule has 0 fully saturated rings. The molecule has 0 saturated carbocycles. The zero-order valence-corrected chi connectivity index (χ0v) is 18.9. The van der Waals surface area contributed by atoms with Crippen molar-refractivity contribution in [2.24, 2.45) is 5.14 Å². The molecule has 1 aliphatic rings. The van der Waals surface area contributed by atoms with Crippen molar-refractivity contribution >= 4 is 56.4 Å². The summed E-state index contributed by atoms with van der Waals surface area (Å²) in [6, 6.07) is 20.0. The molecular formula is C23H17ClN4O5S. The van der Waals surface area contributed by atoms with Gasteiger partial charge in [0.05, 0.1) is 10.6 Å². The van der Waals surface area contributed by atoms with E-state index in [0.29, 0.717) is 17.1 Å². The molecule has 0 aliphatic carbocycles. The molecule has 172 valence electrons. The maximum Gasteiger partial charge on any atom is 0.283 e. The zero-order valence-electron chi connectivity index (χ0n) is 17.4. The van der Waals surface area contributed by atoms with Crippen molar-refractivity contribution in [2.45, 2.75) is 4.90 Å². The largest absolute Gasteiger partial charge is 0.350 e. The number of anilines is 3. The van der Waals surface area contributed by atoms with Crippen molar-refractivity contribution in [3.05, 3.63) is 95.2 Å². The van der Waals surface area contributed by atoms with Gasteiger partial charge in [0.15, 0.2) is 0 Å². The molecule has 0 spiro atoms. The first-order valence-corrected chi connectivity index (χ1v) is 11.7. The van der Waals surface area contributed by atoms with Gasteiger partial charge in [0.2, 0.25) is 10.0 Å². The van der Waals surface area contributed by atoms with Crippen LogP contribution in [-0.4, -0.2) is 26.1 Å². The fourth-order valence-corrected chi connectivity index (χ4v) is 3.96. The molecule has 9 nitrogen and oxygen atoms in total. The van der Waals surface area contributed by atoms with E-state index in [0.717, 1.165) is 4.90 Å². The lowest BCUT2D eigenvalue weighted by Gasteiger charge is -2.15. The van der Waals surface area contributed by atoms with Gasteiger partial charge in [-0.2, -0.15) is 0 Å². The number of amides is 3. The number of benzene rings is 3. The van der Waals surface area contributed by atoms with E-state index >= 15 is 0 Å². The van der Waals surface area contributed by atoms with E-state index in [1.807, 2.05) is 0 Å². The Labute approximate surface area is 199 Å². The maximum absolute atomic E-state index is 12.9. The number of nitrogens with two attached hydrogens (primary N) is 1. The molecule has 1 heterocycles. The molecule has 0 aromatic heterocycles. The second-order valence-electron chi connectivity index (χ2n) is 7.20. The molecule has 0 unspecified atom stereocenters. The molecule has 3 aromatic rings. The average Bonchev–Trinajstić information content (AvgIpc) is 3.02. The number of nitrogens with zero attached hydrogens (tertiary/aromatic N) is 1. The lowest BCUT2D eigenvalue weighted by molar-refractivity contribution is -0.120. The minimum atomic E-state index is -3.84. The van der Waals surface area contributed by atoms with Gasteiger partial charge in [0, 0.05) is 16.9 Å². The predicted molar refractivity (Wildman–Crippen MR) is 128 cm³/mol. The van der Waals surface area contributed by atoms with Gasteiger partial charge >= 0.3 is 0 Å². The minimum absolute atomic E-state index is 0.0813. The summed E-state index contributed by atoms with van der Waals surface area (Å²) in [5.41, 5.74) is 1.24. The smallest absolute Gasteiger partial charge is 0.283 e. The number of imide groups is 1. The Kier molecular flexibility index (Phi) is 6.20. The second-order valence-corrected chi connectivity index (χ2v) is 9.14. The van der Waals surface area contributed by atoms with Gasteiger partial charge in [-0.3, -0.25) is 14.4 Å². The molecule has 11 heteroatoms. The van der Waals surface area contributed by atoms with Gasteiger partial charge < -0.3 is 10.6 Å². The monoisotopic (exact) mass is 496 g/mol. The third kappa shape index (κ3) is 4.69. The summed E-state index contributed by atoms with van der Waals surface area (Å²) in [5, 5.41) is 10.3. The van der Waals surface area contributed by atoms with Gasteiger partial charge in [-0.25, -0.2) is 18.5 Å². The first-order valence-electron chi connectivity index (χ1n) is 9.80. The summed E-state index contributed by atoms with van der Waals surface area (Å²) in [6.07, 6.45) is 0. The Hall–Kier alpha value is -3.99. The highest BCUT2D eigenvalue weighted by molar-refractivity contribution is 7.89. The molecule has 3 amide bonds. The van der Waals surface area contributed by atoms with Gasteiger partial charge in [-0.15, -0.1) is 0 Å². The van der Waals surface area contributed by atoms with E-state index in [-0.39, 0.29) is 21.2 Å². The molecule has 0 bridgehead atoms. The molecule has 0 radical (unpaired) electrons. The molecule has 3 aromatic carbocycles. The molecular weight excluding hydrogens is 480 g/mol. The van der Waals surface area contributed by atoms with Crippen LogP contribution in [0, 0.1) is 0 Å². The molecule has 34 heavy (non-hydrogen) atoms. The predicted octanol–water partition coefficient (Wildman–Crippen LogP) is 3.02. The average molecular weight is 497 g/mol. The van der Waals surface area contributed by atoms with Crippen molar-refractivity contribution in [3.63, 3.8) is 0 Å². The summed E-state index contributed by atoms with van der Waals surface area (Å²) in [7, 11) is -3.84. The van der Waals surface area contributed by atoms with Crippen LogP contribution in [0.5, 0.6) is 0 Å². The number of sulfonamides is 1. The molecule has 4 rings (SSSR count). The van der Waals surface area contributed by atoms with Crippen LogP contribution < -0.4 is 20.7 Å². The van der Waals surface area contributed by atoms with E-state index in [4.69, 9.17) is 16.7 Å². The van der Waals surface area contributed by atoms with Crippen LogP contribution in [0.4, 0.5) is 17.1 Å². The summed E-state index contributed by atoms with van der Waals surface area (Å²) in [6.45, 7) is 0. The van der Waals surface area contributed by atoms with E-state index in [1.165, 1.54) is 30.3 Å². The SMILES string of the molecule is NS(=O)(=O)c1ccc(NC(=O)c2cccc(NC3=C(Cl)C(=O)N(c4ccccc4)C3=O)c2)cc1. The number of para-hydroxylation sites is 1. The third-order valence-corrected chi connectivity index (χ3v) is 6.16. The lowest BCUT2D eigenvalue weighted by Crippen LogP contribution is -2.32. The number of carbonyl (C=O) groups is 3. The standard InChI is InChI=1S/C23H17ClN4O5S/c24-19-20(23(31)28(22(19)30)17-7-2-1-3-8-17)26-16-6-4-5-14(13-16)21(29)27-15-9-11-18(12-10-15)34(25,32)33/h1-13,26H,(H,27,29)(H2,25,32,33). The Bertz CT molecular complexity index is 1440. The van der Waals surface area contributed by atoms with Crippen LogP contribution >= 0.6 is 11.6 Å². The number of rotatable bonds is 6. The summed E-state index contributed by atoms with van der Waals surface area (Å²) in [4.78, 5) is 38.9. The van der Waals surface area contributed by atoms with Crippen molar-refractivity contribution in [1.82, 2.24) is 0 Å². The Morgan fingerprint density at radius 1 is 0.853 bits per heavy atom. The van der Waals surface area contributed by atoms with E-state index < -0.39 is 27.7 Å². The highest BCUT2D eigenvalue weighted by atomic mass is 35.5. The zero-order chi connectivity index (χ0) is 24.5. The number of hydrogen-bond donors (Lipinski definition) is 3. The second kappa shape index (κ2) is 9.10. The highest BCUT2D eigenvalue weighted by Gasteiger charge is 2.38. The summed E-state index contributed by atoms with van der Waals surface area (Å²) >= 11 is 6.15. The number of carbonyl (C=O) groups excluding carboxylic acids is 3. The lowest BCUT2D eigenvalue weighted by atomic mass is 10.1. The third-order valence-electron chi connectivity index (χ3n) is 4.88. The number of primary sulfonamides is 1. The Balaban J connectivity index is 1.51. The number of halogens is 1. The van der Waals surface area contributed by atoms with Crippen molar-refractivity contribution in [3.8, 4) is 0 Å². The normalized spacial score (nSPS) is 13.9. The van der Waals surface area contributed by atoms with Gasteiger partial charge in [0.25, 0.3) is 17.7 Å². The first-order chi connectivity index (χ1) is 16.1. The first kappa shape index (κ1) is 23.2. The van der Waals surface area contributed by atoms with Gasteiger partial charge in [-0.05, 0) is 54.6 Å². The highest BCUT2D eigenvalue weighted by Crippen LogP contribution is 2.30. The quantitative estimate of drug-likeness (QED) is 0.448. The van der Waals surface area contributed by atoms with Gasteiger partial charge in [0.1, 0.15) is 10.7 Å². The van der Waals surface area contributed by atoms with E-state index in [9.17, 15) is 22.8 Å². The van der Waals surface area contributed by atoms with Crippen LogP contribution in [0.25, 0.3) is 0 Å². The molecule has 4 N–H and O–H groups in total. The maximum atomic E-state index is 12.9. The summed E-state index contributed by atoms with van der Waals surface area (Å²) in [5.74, 6) is -1.75. The van der Waals surface area contributed by atoms with Crippen LogP contribution in [0.3, 0.4) is 0 Å². The number of hydrogen-bond acceptors (Lipinski definition) is 6. The fraction of sp³-hybridized carbons (Fsp3) is 0. The summed E-state index contributed by atoms with van der Waals surface area (Å²) < 4.78 is 22.7. The fourth-order valence-electron chi connectivity index (χ4n) is 3.24. The van der Waals surface area contributed by atoms with Crippen molar-refractivity contribution < 1.29 is 22.8 Å². The van der Waals surface area contributed by atoms with Crippen molar-refractivity contribution in [2.75, 3.05) is 15.5 Å². The van der Waals surface area contributed by atoms with Crippen LogP contribution in [0.1, 0.15) is 10.4 Å². The minimum Gasteiger partial charge on any atom is -0.350 e. The van der Waals surface area contributed by atoms with Crippen LogP contribution in [-0.2, 0) is 19.6 Å². The Morgan fingerprint density at radius 3 is 2.18 bits per heavy atom. The molecule has 0 atom stereocenters. The molecule has 1 aliphatic heterocycles. The number of nitrogens with one attached hydrogen (secondary N) is 2. The van der Waals surface area contributed by atoms with Gasteiger partial charge in [-0.1, -0.05) is 35.9 Å². The topological polar surface area (TPSA) is 139 Å². The van der Waals surface area contributed by atoms with E-state index in [2.05, 4.69) is 10.6 Å². The Morgan fingerprint density at radius 2 is 1.53 bits per heavy atom. The van der Waals surface area contributed by atoms with Crippen LogP contribution in [0.15, 0.2) is 94.5 Å². The van der Waals surface area contributed by atoms with E-state index in [1.54, 1.807) is 48.5 Å².